The predicted octanol–water partition coefficient (Wildman–Crippen LogP) is 6.91. The number of rotatable bonds is 9. The molecule has 0 saturated carbocycles. The third-order valence-corrected chi connectivity index (χ3v) is 8.20. The number of hydrogen-bond acceptors (Lipinski definition) is 6. The lowest BCUT2D eigenvalue weighted by molar-refractivity contribution is -0.142. The number of hydrogen-bond donors (Lipinski definition) is 2. The first-order valence-corrected chi connectivity index (χ1v) is 16.0. The quantitative estimate of drug-likeness (QED) is 0.278. The average Bonchev–Trinajstić information content (AvgIpc) is 3.01. The first-order valence-electron chi connectivity index (χ1n) is 16.0. The molecule has 268 valence electrons. The Labute approximate surface area is 277 Å². The van der Waals surface area contributed by atoms with E-state index in [-0.39, 0.29) is 48.3 Å². The summed E-state index contributed by atoms with van der Waals surface area (Å²) in [7, 11) is 1.83. The Balaban J connectivity index is 1.86. The van der Waals surface area contributed by atoms with Gasteiger partial charge in [0.1, 0.15) is 5.75 Å². The van der Waals surface area contributed by atoms with Gasteiger partial charge in [-0.2, -0.15) is 26.3 Å². The normalized spacial score (nSPS) is 20.9. The van der Waals surface area contributed by atoms with Crippen LogP contribution in [0.3, 0.4) is 0 Å². The van der Waals surface area contributed by atoms with Crippen molar-refractivity contribution in [3.8, 4) is 5.75 Å². The molecule has 4 atom stereocenters. The summed E-state index contributed by atoms with van der Waals surface area (Å²) in [4.78, 5) is 29.8. The summed E-state index contributed by atoms with van der Waals surface area (Å²) in [5.41, 5.74) is 0.174. The fourth-order valence-corrected chi connectivity index (χ4v) is 5.42. The molecule has 2 amide bonds. The zero-order chi connectivity index (χ0) is 35.6. The molecule has 1 heterocycles. The fraction of sp³-hybridized carbons (Fsp3) is 0.588. The number of carbonyl (C=O) groups is 2. The Morgan fingerprint density at radius 1 is 1.08 bits per heavy atom. The number of carbonyl (C=O) groups excluding carboxylic acids is 2. The number of anilines is 1. The van der Waals surface area contributed by atoms with Gasteiger partial charge in [-0.15, -0.1) is 0 Å². The van der Waals surface area contributed by atoms with Crippen molar-refractivity contribution in [1.82, 2.24) is 9.80 Å². The topological polar surface area (TPSA) is 91.3 Å². The number of nitrogens with one attached hydrogen (secondary N) is 1. The Kier molecular flexibility index (Phi) is 14.1. The van der Waals surface area contributed by atoms with Crippen LogP contribution < -0.4 is 10.1 Å². The van der Waals surface area contributed by atoms with Crippen molar-refractivity contribution in [2.24, 2.45) is 5.92 Å². The number of aliphatic hydroxyl groups excluding tert-OH is 1. The van der Waals surface area contributed by atoms with Crippen LogP contribution in [0.2, 0.25) is 0 Å². The van der Waals surface area contributed by atoms with Gasteiger partial charge in [-0.3, -0.25) is 14.5 Å². The van der Waals surface area contributed by atoms with E-state index in [1.807, 2.05) is 25.8 Å². The lowest BCUT2D eigenvalue weighted by Gasteiger charge is -2.36. The number of nitrogens with zero attached hydrogens (tertiary/aromatic N) is 2. The second-order valence-electron chi connectivity index (χ2n) is 12.6. The van der Waals surface area contributed by atoms with E-state index in [0.717, 1.165) is 25.0 Å². The number of amides is 2. The van der Waals surface area contributed by atoms with Crippen molar-refractivity contribution < 1.29 is 50.5 Å². The van der Waals surface area contributed by atoms with E-state index in [4.69, 9.17) is 9.47 Å². The summed E-state index contributed by atoms with van der Waals surface area (Å²) in [6.45, 7) is 6.42. The summed E-state index contributed by atoms with van der Waals surface area (Å²) in [6, 6.07) is 8.66. The van der Waals surface area contributed by atoms with E-state index < -0.39 is 48.6 Å². The van der Waals surface area contributed by atoms with Gasteiger partial charge in [0, 0.05) is 44.3 Å². The van der Waals surface area contributed by atoms with Crippen LogP contribution in [0.25, 0.3) is 0 Å². The molecular formula is C34H45F6N3O5. The molecule has 14 heteroatoms. The Hall–Kier alpha value is -3.36. The van der Waals surface area contributed by atoms with Crippen LogP contribution in [0.1, 0.15) is 74.4 Å². The smallest absolute Gasteiger partial charge is 0.416 e. The zero-order valence-corrected chi connectivity index (χ0v) is 27.7. The van der Waals surface area contributed by atoms with Crippen LogP contribution >= 0.6 is 0 Å². The third kappa shape index (κ3) is 12.3. The average molecular weight is 690 g/mol. The second-order valence-corrected chi connectivity index (χ2v) is 12.6. The molecule has 0 spiro atoms. The maximum absolute atomic E-state index is 14.2. The molecule has 0 radical (unpaired) electrons. The summed E-state index contributed by atoms with van der Waals surface area (Å²) in [6.07, 6.45) is -9.55. The van der Waals surface area contributed by atoms with E-state index in [1.165, 1.54) is 35.2 Å². The van der Waals surface area contributed by atoms with Crippen molar-refractivity contribution >= 4 is 17.5 Å². The highest BCUT2D eigenvalue weighted by Gasteiger charge is 2.32. The molecule has 48 heavy (non-hydrogen) atoms. The molecule has 2 aromatic carbocycles. The fourth-order valence-electron chi connectivity index (χ4n) is 5.42. The highest BCUT2D eigenvalue weighted by Crippen LogP contribution is 2.31. The first-order chi connectivity index (χ1) is 22.5. The number of halogens is 6. The monoisotopic (exact) mass is 689 g/mol. The molecule has 1 aliphatic rings. The minimum Gasteiger partial charge on any atom is -0.490 e. The van der Waals surface area contributed by atoms with E-state index in [0.29, 0.717) is 31.7 Å². The van der Waals surface area contributed by atoms with Crippen LogP contribution in [0.4, 0.5) is 32.0 Å². The van der Waals surface area contributed by atoms with Gasteiger partial charge >= 0.3 is 12.4 Å². The largest absolute Gasteiger partial charge is 0.490 e. The van der Waals surface area contributed by atoms with Crippen molar-refractivity contribution in [3.63, 3.8) is 0 Å². The Bertz CT molecular complexity index is 1340. The van der Waals surface area contributed by atoms with Crippen molar-refractivity contribution in [3.05, 3.63) is 59.2 Å². The molecule has 8 nitrogen and oxygen atoms in total. The minimum absolute atomic E-state index is 0.0805. The Morgan fingerprint density at radius 2 is 1.77 bits per heavy atom. The van der Waals surface area contributed by atoms with Crippen molar-refractivity contribution in [1.29, 1.82) is 0 Å². The SMILES string of the molecule is C[C@H](CO)N1C[C@H](C)[C@@H](CN(C)Cc2ccc(C(F)(F)F)cc2)OCCCC[C@H](C)Oc2ccc(NC(=O)CCC(F)(F)F)cc2C1=O. The van der Waals surface area contributed by atoms with Gasteiger partial charge < -0.3 is 24.8 Å². The summed E-state index contributed by atoms with van der Waals surface area (Å²) in [5, 5.41) is 12.5. The number of ether oxygens (including phenoxy) is 2. The summed E-state index contributed by atoms with van der Waals surface area (Å²) in [5.74, 6) is -1.39. The predicted molar refractivity (Wildman–Crippen MR) is 169 cm³/mol. The van der Waals surface area contributed by atoms with E-state index in [2.05, 4.69) is 5.32 Å². The molecule has 0 bridgehead atoms. The van der Waals surface area contributed by atoms with Crippen LogP contribution in [-0.2, 0) is 22.3 Å². The highest BCUT2D eigenvalue weighted by molar-refractivity contribution is 5.99. The highest BCUT2D eigenvalue weighted by atomic mass is 19.4. The maximum atomic E-state index is 14.2. The molecule has 2 N–H and O–H groups in total. The van der Waals surface area contributed by atoms with Gasteiger partial charge in [0.05, 0.1) is 42.4 Å². The summed E-state index contributed by atoms with van der Waals surface area (Å²) >= 11 is 0. The minimum atomic E-state index is -4.49. The van der Waals surface area contributed by atoms with Crippen LogP contribution in [-0.4, -0.2) is 84.5 Å². The van der Waals surface area contributed by atoms with E-state index in [1.54, 1.807) is 6.92 Å². The van der Waals surface area contributed by atoms with E-state index in [9.17, 15) is 41.0 Å². The molecule has 0 fully saturated rings. The molecule has 3 rings (SSSR count). The lowest BCUT2D eigenvalue weighted by Crippen LogP contribution is -2.47. The van der Waals surface area contributed by atoms with Crippen LogP contribution in [0, 0.1) is 5.92 Å². The number of aliphatic hydroxyl groups is 1. The van der Waals surface area contributed by atoms with Gasteiger partial charge in [-0.1, -0.05) is 19.1 Å². The summed E-state index contributed by atoms with van der Waals surface area (Å²) < 4.78 is 89.5. The number of fused-ring (bicyclic) bond motifs is 1. The standard InChI is InChI=1S/C34H45F6N3O5/c1-22-18-43(23(2)21-44)32(46)28-17-27(41-31(45)14-15-33(35,36)37)12-13-29(28)48-24(3)7-5-6-16-47-30(22)20-42(4)19-25-8-10-26(11-9-25)34(38,39)40/h8-13,17,22-24,30,44H,5-7,14-16,18-21H2,1-4H3,(H,41,45)/t22-,23+,24-,30+/m0/s1. The lowest BCUT2D eigenvalue weighted by atomic mass is 10.0. The third-order valence-electron chi connectivity index (χ3n) is 8.20. The number of likely N-dealkylation sites (N-methyl/N-ethyl adjacent to an activating group) is 1. The number of benzene rings is 2. The maximum Gasteiger partial charge on any atom is 0.416 e. The molecular weight excluding hydrogens is 644 g/mol. The van der Waals surface area contributed by atoms with Gasteiger partial charge in [0.25, 0.3) is 5.91 Å². The second kappa shape index (κ2) is 17.3. The molecule has 1 aliphatic heterocycles. The van der Waals surface area contributed by atoms with Crippen molar-refractivity contribution in [2.75, 3.05) is 38.7 Å². The van der Waals surface area contributed by atoms with Crippen LogP contribution in [0.5, 0.6) is 5.75 Å². The van der Waals surface area contributed by atoms with Crippen molar-refractivity contribution in [2.45, 2.75) is 90.0 Å². The van der Waals surface area contributed by atoms with Gasteiger partial charge in [0.15, 0.2) is 0 Å². The molecule has 2 aromatic rings. The molecule has 0 aromatic heterocycles. The molecule has 0 aliphatic carbocycles. The van der Waals surface area contributed by atoms with Gasteiger partial charge in [-0.25, -0.2) is 0 Å². The number of alkyl halides is 6. The van der Waals surface area contributed by atoms with Gasteiger partial charge in [-0.05, 0) is 76.1 Å². The van der Waals surface area contributed by atoms with Gasteiger partial charge in [0.2, 0.25) is 5.91 Å². The molecule has 0 unspecified atom stereocenters. The molecule has 0 saturated heterocycles. The van der Waals surface area contributed by atoms with Crippen LogP contribution in [0.15, 0.2) is 42.5 Å². The first kappa shape index (κ1) is 39.1. The van der Waals surface area contributed by atoms with E-state index >= 15 is 0 Å². The Morgan fingerprint density at radius 3 is 2.40 bits per heavy atom. The zero-order valence-electron chi connectivity index (χ0n) is 27.7.